The van der Waals surface area contributed by atoms with Crippen LogP contribution in [0.3, 0.4) is 0 Å². The van der Waals surface area contributed by atoms with Gasteiger partial charge in [-0.25, -0.2) is 18.2 Å². The number of alkyl halides is 1. The molecule has 2 aromatic carbocycles. The van der Waals surface area contributed by atoms with Crippen molar-refractivity contribution >= 4 is 27.5 Å². The minimum Gasteiger partial charge on any atom is -0.508 e. The molecule has 0 bridgehead atoms. The Bertz CT molecular complexity index is 1840. The van der Waals surface area contributed by atoms with Gasteiger partial charge in [-0.2, -0.15) is 9.97 Å². The van der Waals surface area contributed by atoms with Gasteiger partial charge in [0.05, 0.1) is 12.1 Å². The molecule has 0 aliphatic carbocycles. The smallest absolute Gasteiger partial charge is 0.319 e. The lowest BCUT2D eigenvalue weighted by atomic mass is 9.94. The Labute approximate surface area is 271 Å². The Balaban J connectivity index is 1.43. The number of hydrogen-bond donors (Lipinski definition) is 1. The number of anilines is 1. The van der Waals surface area contributed by atoms with E-state index in [1.54, 1.807) is 13.2 Å². The standard InChI is InChI=1S/C35H40F3N5O4/c1-5-24-26(37)8-7-20-13-23(44)14-25(27(20)24)30-29(38)31-28-32(42(3)19(2)21(9-12-45-4)17-46-33(28)39-30)41-34(40-31)47-18-35-10-6-11-43(35)16-22(36)15-35/h7-8,13-14,19,21-22,44H,5-6,9-12,15-18H2,1-4H3/t19?,21?,22-,35+/m1/s1. The first-order valence-electron chi connectivity index (χ1n) is 16.4. The van der Waals surface area contributed by atoms with Gasteiger partial charge in [0.25, 0.3) is 0 Å². The fraction of sp³-hybridized carbons (Fsp3) is 0.514. The van der Waals surface area contributed by atoms with Gasteiger partial charge in [0.1, 0.15) is 46.8 Å². The van der Waals surface area contributed by atoms with Gasteiger partial charge in [-0.3, -0.25) is 4.90 Å². The van der Waals surface area contributed by atoms with Crippen molar-refractivity contribution in [1.29, 1.82) is 0 Å². The normalized spacial score (nSPS) is 24.4. The number of hydrogen-bond acceptors (Lipinski definition) is 9. The average molecular weight is 652 g/mol. The van der Waals surface area contributed by atoms with E-state index in [0.29, 0.717) is 54.6 Å². The maximum atomic E-state index is 17.0. The second-order valence-electron chi connectivity index (χ2n) is 13.2. The first kappa shape index (κ1) is 31.7. The zero-order valence-electron chi connectivity index (χ0n) is 27.2. The molecular weight excluding hydrogens is 611 g/mol. The summed E-state index contributed by atoms with van der Waals surface area (Å²) in [6.45, 7) is 6.02. The number of benzene rings is 2. The molecule has 0 amide bonds. The van der Waals surface area contributed by atoms with Crippen LogP contribution in [0.2, 0.25) is 0 Å². The van der Waals surface area contributed by atoms with E-state index in [0.717, 1.165) is 19.4 Å². The second-order valence-corrected chi connectivity index (χ2v) is 13.2. The number of rotatable bonds is 8. The van der Waals surface area contributed by atoms with Crippen molar-refractivity contribution in [3.8, 4) is 28.9 Å². The van der Waals surface area contributed by atoms with Gasteiger partial charge in [0.15, 0.2) is 5.82 Å². The van der Waals surface area contributed by atoms with Gasteiger partial charge in [0, 0.05) is 51.3 Å². The van der Waals surface area contributed by atoms with E-state index in [2.05, 4.69) is 16.8 Å². The molecule has 2 aromatic heterocycles. The van der Waals surface area contributed by atoms with Crippen LogP contribution in [0.4, 0.5) is 19.0 Å². The Morgan fingerprint density at radius 2 is 1.98 bits per heavy atom. The molecule has 1 N–H and O–H groups in total. The van der Waals surface area contributed by atoms with Crippen LogP contribution in [-0.2, 0) is 11.2 Å². The van der Waals surface area contributed by atoms with Gasteiger partial charge in [-0.1, -0.05) is 13.0 Å². The number of aromatic nitrogens is 3. The molecule has 2 saturated heterocycles. The Kier molecular flexibility index (Phi) is 8.28. The van der Waals surface area contributed by atoms with Crippen LogP contribution in [-0.4, -0.2) is 89.8 Å². The van der Waals surface area contributed by atoms with Crippen molar-refractivity contribution in [3.05, 3.63) is 41.5 Å². The molecule has 3 aliphatic heterocycles. The lowest BCUT2D eigenvalue weighted by Gasteiger charge is -2.35. The van der Waals surface area contributed by atoms with E-state index >= 15 is 8.78 Å². The molecule has 5 heterocycles. The van der Waals surface area contributed by atoms with Crippen LogP contribution in [0.1, 0.15) is 45.1 Å². The molecule has 3 aliphatic rings. The summed E-state index contributed by atoms with van der Waals surface area (Å²) in [5.41, 5.74) is -0.0542. The fourth-order valence-corrected chi connectivity index (χ4v) is 7.81. The summed E-state index contributed by atoms with van der Waals surface area (Å²) in [6.07, 6.45) is 2.22. The van der Waals surface area contributed by atoms with Crippen molar-refractivity contribution in [2.75, 3.05) is 52.0 Å². The topological polar surface area (TPSA) is 93.1 Å². The number of phenolic OH excluding ortho intramolecular Hbond substituents is 1. The Hall–Kier alpha value is -3.90. The number of aromatic hydroxyl groups is 1. The molecule has 4 aromatic rings. The number of fused-ring (bicyclic) bond motifs is 2. The second kappa shape index (κ2) is 12.3. The lowest BCUT2D eigenvalue weighted by molar-refractivity contribution is 0.107. The van der Waals surface area contributed by atoms with Gasteiger partial charge in [-0.05, 0) is 73.7 Å². The molecule has 0 saturated carbocycles. The maximum absolute atomic E-state index is 17.0. The summed E-state index contributed by atoms with van der Waals surface area (Å²) in [5.74, 6) is -0.799. The predicted octanol–water partition coefficient (Wildman–Crippen LogP) is 6.22. The third-order valence-corrected chi connectivity index (χ3v) is 10.5. The predicted molar refractivity (Wildman–Crippen MR) is 173 cm³/mol. The van der Waals surface area contributed by atoms with Crippen molar-refractivity contribution < 1.29 is 32.5 Å². The Morgan fingerprint density at radius 3 is 2.77 bits per heavy atom. The third-order valence-electron chi connectivity index (χ3n) is 10.5. The fourth-order valence-electron chi connectivity index (χ4n) is 7.81. The van der Waals surface area contributed by atoms with Crippen molar-refractivity contribution in [1.82, 2.24) is 19.9 Å². The van der Waals surface area contributed by atoms with Crippen LogP contribution in [0.5, 0.6) is 17.6 Å². The lowest BCUT2D eigenvalue weighted by Crippen LogP contribution is -2.43. The van der Waals surface area contributed by atoms with E-state index in [4.69, 9.17) is 24.2 Å². The zero-order chi connectivity index (χ0) is 33.0. The molecule has 47 heavy (non-hydrogen) atoms. The molecular formula is C35H40F3N5O4. The number of aryl methyl sites for hydroxylation is 1. The largest absolute Gasteiger partial charge is 0.508 e. The number of pyridine rings is 1. The SMILES string of the molecule is CCc1c(F)ccc2cc(O)cc(-c3nc4c5c(nc(OC[C@@]67CCCN6C[C@H](F)C7)nc5c3F)N(C)C(C)C(CCOC)CO4)c12. The van der Waals surface area contributed by atoms with Crippen LogP contribution >= 0.6 is 0 Å². The average Bonchev–Trinajstić information content (AvgIpc) is 3.58. The number of phenols is 1. The molecule has 9 nitrogen and oxygen atoms in total. The molecule has 2 unspecified atom stereocenters. The summed E-state index contributed by atoms with van der Waals surface area (Å²) >= 11 is 0. The maximum Gasteiger partial charge on any atom is 0.319 e. The van der Waals surface area contributed by atoms with Crippen molar-refractivity contribution in [2.45, 2.75) is 63.7 Å². The first-order valence-corrected chi connectivity index (χ1v) is 16.4. The van der Waals surface area contributed by atoms with Gasteiger partial charge < -0.3 is 24.2 Å². The molecule has 0 radical (unpaired) electrons. The molecule has 4 atom stereocenters. The number of nitrogens with zero attached hydrogens (tertiary/aromatic N) is 5. The molecule has 12 heteroatoms. The summed E-state index contributed by atoms with van der Waals surface area (Å²) in [7, 11) is 3.53. The van der Waals surface area contributed by atoms with E-state index in [-0.39, 0.29) is 65.0 Å². The molecule has 250 valence electrons. The highest BCUT2D eigenvalue weighted by molar-refractivity contribution is 6.03. The zero-order valence-corrected chi connectivity index (χ0v) is 27.2. The van der Waals surface area contributed by atoms with E-state index in [9.17, 15) is 9.50 Å². The minimum atomic E-state index is -0.929. The highest BCUT2D eigenvalue weighted by atomic mass is 19.1. The van der Waals surface area contributed by atoms with Crippen molar-refractivity contribution in [2.24, 2.45) is 5.92 Å². The van der Waals surface area contributed by atoms with Gasteiger partial charge in [-0.15, -0.1) is 0 Å². The Morgan fingerprint density at radius 1 is 1.15 bits per heavy atom. The highest BCUT2D eigenvalue weighted by Gasteiger charge is 2.49. The van der Waals surface area contributed by atoms with Crippen molar-refractivity contribution in [3.63, 3.8) is 0 Å². The summed E-state index contributed by atoms with van der Waals surface area (Å²) in [5, 5.41) is 12.0. The quantitative estimate of drug-likeness (QED) is 0.239. The molecule has 2 fully saturated rings. The summed E-state index contributed by atoms with van der Waals surface area (Å²) < 4.78 is 64.6. The van der Waals surface area contributed by atoms with Gasteiger partial charge >= 0.3 is 6.01 Å². The van der Waals surface area contributed by atoms with Gasteiger partial charge in [0.2, 0.25) is 5.88 Å². The van der Waals surface area contributed by atoms with E-state index in [1.165, 1.54) is 18.2 Å². The molecule has 0 spiro atoms. The first-order chi connectivity index (χ1) is 22.6. The van der Waals surface area contributed by atoms with Crippen LogP contribution in [0.25, 0.3) is 32.9 Å². The number of halogens is 3. The number of ether oxygens (including phenoxy) is 3. The van der Waals surface area contributed by atoms with Crippen LogP contribution < -0.4 is 14.4 Å². The summed E-state index contributed by atoms with van der Waals surface area (Å²) in [6, 6.07) is 5.70. The third kappa shape index (κ3) is 5.39. The molecule has 7 rings (SSSR count). The van der Waals surface area contributed by atoms with Crippen LogP contribution in [0.15, 0.2) is 24.3 Å². The van der Waals surface area contributed by atoms with E-state index < -0.39 is 23.3 Å². The minimum absolute atomic E-state index is 0.00564. The van der Waals surface area contributed by atoms with E-state index in [1.807, 2.05) is 18.9 Å². The van der Waals surface area contributed by atoms with Crippen LogP contribution in [0, 0.1) is 17.6 Å². The summed E-state index contributed by atoms with van der Waals surface area (Å²) in [4.78, 5) is 18.2. The number of methoxy groups -OCH3 is 1. The monoisotopic (exact) mass is 651 g/mol. The highest BCUT2D eigenvalue weighted by Crippen LogP contribution is 2.44.